The molecule has 1 aromatic heterocycles. The fraction of sp³-hybridized carbons (Fsp3) is 0.438. The summed E-state index contributed by atoms with van der Waals surface area (Å²) in [5.74, 6) is 0.716. The summed E-state index contributed by atoms with van der Waals surface area (Å²) in [6.07, 6.45) is 3.20. The summed E-state index contributed by atoms with van der Waals surface area (Å²) in [7, 11) is 0. The third kappa shape index (κ3) is 2.76. The monoisotopic (exact) mass is 272 g/mol. The van der Waals surface area contributed by atoms with Crippen molar-refractivity contribution in [2.45, 2.75) is 26.0 Å². The molecule has 0 saturated carbocycles. The number of pyridine rings is 1. The van der Waals surface area contributed by atoms with Crippen LogP contribution in [0.15, 0.2) is 30.5 Å². The van der Waals surface area contributed by atoms with E-state index in [-0.39, 0.29) is 6.10 Å². The van der Waals surface area contributed by atoms with Gasteiger partial charge in [-0.2, -0.15) is 0 Å². The van der Waals surface area contributed by atoms with Crippen LogP contribution in [0.3, 0.4) is 0 Å². The Bertz CT molecular complexity index is 582. The van der Waals surface area contributed by atoms with Gasteiger partial charge in [0.2, 0.25) is 5.88 Å². The molecule has 1 N–H and O–H groups in total. The average molecular weight is 272 g/mol. The molecule has 0 amide bonds. The van der Waals surface area contributed by atoms with Crippen molar-refractivity contribution < 1.29 is 9.47 Å². The first-order valence-corrected chi connectivity index (χ1v) is 7.20. The second kappa shape index (κ2) is 6.20. The standard InChI is InChI=1S/C16H20N2O2/c1-2-7-17-8-12-9-18-16(20-13-10-19-11-13)15-6-4-3-5-14(12)15/h3-6,9,13,17H,2,7-8,10-11H2,1H3. The molecule has 3 rings (SSSR count). The first kappa shape index (κ1) is 13.3. The molecule has 0 radical (unpaired) electrons. The molecule has 1 aliphatic rings. The van der Waals surface area contributed by atoms with Crippen LogP contribution < -0.4 is 10.1 Å². The molecule has 0 unspecified atom stereocenters. The molecule has 1 aromatic carbocycles. The second-order valence-electron chi connectivity index (χ2n) is 5.09. The predicted molar refractivity (Wildman–Crippen MR) is 79.0 cm³/mol. The zero-order valence-corrected chi connectivity index (χ0v) is 11.8. The van der Waals surface area contributed by atoms with Crippen LogP contribution in [0.1, 0.15) is 18.9 Å². The van der Waals surface area contributed by atoms with Gasteiger partial charge in [0.25, 0.3) is 0 Å². The maximum absolute atomic E-state index is 5.89. The Labute approximate surface area is 119 Å². The third-order valence-corrected chi connectivity index (χ3v) is 3.47. The number of aromatic nitrogens is 1. The zero-order chi connectivity index (χ0) is 13.8. The Balaban J connectivity index is 1.87. The van der Waals surface area contributed by atoms with Gasteiger partial charge in [-0.3, -0.25) is 0 Å². The van der Waals surface area contributed by atoms with Crippen LogP contribution in [0.2, 0.25) is 0 Å². The van der Waals surface area contributed by atoms with Gasteiger partial charge in [0.15, 0.2) is 0 Å². The summed E-state index contributed by atoms with van der Waals surface area (Å²) in [6, 6.07) is 8.28. The largest absolute Gasteiger partial charge is 0.469 e. The molecular formula is C16H20N2O2. The summed E-state index contributed by atoms with van der Waals surface area (Å²) in [6.45, 7) is 5.35. The van der Waals surface area contributed by atoms with Gasteiger partial charge in [-0.1, -0.05) is 25.1 Å². The van der Waals surface area contributed by atoms with Crippen molar-refractivity contribution in [3.05, 3.63) is 36.0 Å². The molecule has 20 heavy (non-hydrogen) atoms. The summed E-state index contributed by atoms with van der Waals surface area (Å²) in [5, 5.41) is 5.71. The molecule has 2 aromatic rings. The molecule has 0 spiro atoms. The highest BCUT2D eigenvalue weighted by molar-refractivity contribution is 5.89. The predicted octanol–water partition coefficient (Wildman–Crippen LogP) is 2.51. The Kier molecular flexibility index (Phi) is 4.14. The molecule has 4 nitrogen and oxygen atoms in total. The average Bonchev–Trinajstić information content (AvgIpc) is 2.44. The number of nitrogens with one attached hydrogen (secondary N) is 1. The van der Waals surface area contributed by atoms with Gasteiger partial charge >= 0.3 is 0 Å². The topological polar surface area (TPSA) is 43.4 Å². The van der Waals surface area contributed by atoms with Crippen molar-refractivity contribution in [3.8, 4) is 5.88 Å². The van der Waals surface area contributed by atoms with E-state index in [1.54, 1.807) is 0 Å². The SMILES string of the molecule is CCCNCc1cnc(OC2COC2)c2ccccc12. The smallest absolute Gasteiger partial charge is 0.221 e. The minimum atomic E-state index is 0.148. The van der Waals surface area contributed by atoms with E-state index in [9.17, 15) is 0 Å². The van der Waals surface area contributed by atoms with E-state index in [4.69, 9.17) is 9.47 Å². The van der Waals surface area contributed by atoms with Crippen molar-refractivity contribution in [2.24, 2.45) is 0 Å². The van der Waals surface area contributed by atoms with Gasteiger partial charge in [-0.05, 0) is 30.0 Å². The van der Waals surface area contributed by atoms with Gasteiger partial charge in [-0.25, -0.2) is 4.98 Å². The normalized spacial score (nSPS) is 15.2. The van der Waals surface area contributed by atoms with Crippen LogP contribution in [0.5, 0.6) is 5.88 Å². The molecular weight excluding hydrogens is 252 g/mol. The van der Waals surface area contributed by atoms with E-state index < -0.39 is 0 Å². The van der Waals surface area contributed by atoms with Crippen molar-refractivity contribution in [2.75, 3.05) is 19.8 Å². The summed E-state index contributed by atoms with van der Waals surface area (Å²) in [5.41, 5.74) is 1.21. The summed E-state index contributed by atoms with van der Waals surface area (Å²) in [4.78, 5) is 4.49. The molecule has 106 valence electrons. The highest BCUT2D eigenvalue weighted by Crippen LogP contribution is 2.27. The van der Waals surface area contributed by atoms with E-state index in [1.165, 1.54) is 10.9 Å². The fourth-order valence-electron chi connectivity index (χ4n) is 2.30. The maximum Gasteiger partial charge on any atom is 0.221 e. The first-order chi connectivity index (χ1) is 9.88. The van der Waals surface area contributed by atoms with Crippen LogP contribution in [0.25, 0.3) is 10.8 Å². The first-order valence-electron chi connectivity index (χ1n) is 7.20. The fourth-order valence-corrected chi connectivity index (χ4v) is 2.30. The number of ether oxygens (including phenoxy) is 2. The van der Waals surface area contributed by atoms with Crippen LogP contribution in [0.4, 0.5) is 0 Å². The molecule has 0 bridgehead atoms. The molecule has 4 heteroatoms. The lowest BCUT2D eigenvalue weighted by Gasteiger charge is -2.26. The number of hydrogen-bond acceptors (Lipinski definition) is 4. The van der Waals surface area contributed by atoms with Crippen LogP contribution in [0, 0.1) is 0 Å². The second-order valence-corrected chi connectivity index (χ2v) is 5.09. The quantitative estimate of drug-likeness (QED) is 0.821. The summed E-state index contributed by atoms with van der Waals surface area (Å²) >= 11 is 0. The molecule has 1 saturated heterocycles. The van der Waals surface area contributed by atoms with Crippen molar-refractivity contribution in [1.82, 2.24) is 10.3 Å². The van der Waals surface area contributed by atoms with E-state index in [1.807, 2.05) is 12.3 Å². The molecule has 2 heterocycles. The van der Waals surface area contributed by atoms with Gasteiger partial charge in [0.1, 0.15) is 6.10 Å². The van der Waals surface area contributed by atoms with Crippen molar-refractivity contribution >= 4 is 10.8 Å². The van der Waals surface area contributed by atoms with Crippen molar-refractivity contribution in [1.29, 1.82) is 0 Å². The van der Waals surface area contributed by atoms with E-state index >= 15 is 0 Å². The van der Waals surface area contributed by atoms with E-state index in [0.717, 1.165) is 24.9 Å². The molecule has 1 aliphatic heterocycles. The Hall–Kier alpha value is -1.65. The Morgan fingerprint density at radius 1 is 1.30 bits per heavy atom. The van der Waals surface area contributed by atoms with Gasteiger partial charge in [0, 0.05) is 18.1 Å². The van der Waals surface area contributed by atoms with E-state index in [2.05, 4.69) is 35.4 Å². The zero-order valence-electron chi connectivity index (χ0n) is 11.8. The van der Waals surface area contributed by atoms with Crippen LogP contribution in [-0.4, -0.2) is 30.8 Å². The highest BCUT2D eigenvalue weighted by Gasteiger charge is 2.21. The highest BCUT2D eigenvalue weighted by atomic mass is 16.6. The minimum Gasteiger partial charge on any atom is -0.469 e. The Morgan fingerprint density at radius 2 is 2.10 bits per heavy atom. The number of nitrogens with zero attached hydrogens (tertiary/aromatic N) is 1. The molecule has 0 atom stereocenters. The number of rotatable bonds is 6. The number of fused-ring (bicyclic) bond motifs is 1. The van der Waals surface area contributed by atoms with Gasteiger partial charge in [0.05, 0.1) is 13.2 Å². The summed E-state index contributed by atoms with van der Waals surface area (Å²) < 4.78 is 11.0. The minimum absolute atomic E-state index is 0.148. The van der Waals surface area contributed by atoms with Crippen molar-refractivity contribution in [3.63, 3.8) is 0 Å². The van der Waals surface area contributed by atoms with Crippen LogP contribution >= 0.6 is 0 Å². The maximum atomic E-state index is 5.89. The van der Waals surface area contributed by atoms with Gasteiger partial charge in [-0.15, -0.1) is 0 Å². The Morgan fingerprint density at radius 3 is 2.80 bits per heavy atom. The lowest BCUT2D eigenvalue weighted by Crippen LogP contribution is -2.38. The molecule has 1 fully saturated rings. The molecule has 0 aliphatic carbocycles. The van der Waals surface area contributed by atoms with Gasteiger partial charge < -0.3 is 14.8 Å². The lowest BCUT2D eigenvalue weighted by molar-refractivity contribution is -0.0807. The van der Waals surface area contributed by atoms with Crippen LogP contribution in [-0.2, 0) is 11.3 Å². The lowest BCUT2D eigenvalue weighted by atomic mass is 10.1. The number of benzene rings is 1. The number of hydrogen-bond donors (Lipinski definition) is 1. The third-order valence-electron chi connectivity index (χ3n) is 3.47. The van der Waals surface area contributed by atoms with E-state index in [0.29, 0.717) is 19.1 Å².